The van der Waals surface area contributed by atoms with Crippen LogP contribution in [-0.4, -0.2) is 21.3 Å². The van der Waals surface area contributed by atoms with Crippen LogP contribution in [0.15, 0.2) is 48.8 Å². The summed E-state index contributed by atoms with van der Waals surface area (Å²) < 4.78 is 1.93. The molecule has 4 heteroatoms. The van der Waals surface area contributed by atoms with E-state index in [-0.39, 0.29) is 6.04 Å². The maximum absolute atomic E-state index is 4.58. The predicted molar refractivity (Wildman–Crippen MR) is 85.1 cm³/mol. The molecule has 0 bridgehead atoms. The van der Waals surface area contributed by atoms with Gasteiger partial charge in [-0.3, -0.25) is 9.67 Å². The van der Waals surface area contributed by atoms with E-state index in [1.165, 1.54) is 10.9 Å². The molecule has 21 heavy (non-hydrogen) atoms. The van der Waals surface area contributed by atoms with E-state index in [2.05, 4.69) is 52.7 Å². The molecule has 2 aromatic heterocycles. The molecule has 0 fully saturated rings. The number of benzene rings is 1. The summed E-state index contributed by atoms with van der Waals surface area (Å²) in [5, 5.41) is 9.09. The first-order chi connectivity index (χ1) is 10.3. The van der Waals surface area contributed by atoms with Gasteiger partial charge >= 0.3 is 0 Å². The molecule has 0 aliphatic carbocycles. The maximum Gasteiger partial charge on any atom is 0.0769 e. The van der Waals surface area contributed by atoms with Crippen molar-refractivity contribution in [3.05, 3.63) is 60.0 Å². The van der Waals surface area contributed by atoms with E-state index < -0.39 is 0 Å². The molecule has 1 aromatic carbocycles. The molecule has 1 N–H and O–H groups in total. The molecule has 0 saturated carbocycles. The van der Waals surface area contributed by atoms with Gasteiger partial charge in [0.15, 0.2) is 0 Å². The van der Waals surface area contributed by atoms with Crippen LogP contribution in [0, 0.1) is 0 Å². The SMILES string of the molecule is CCCNC(c1cccc2cccnc12)c1ccnn1C. The van der Waals surface area contributed by atoms with Crippen molar-refractivity contribution < 1.29 is 0 Å². The van der Waals surface area contributed by atoms with E-state index in [0.29, 0.717) is 0 Å². The highest BCUT2D eigenvalue weighted by atomic mass is 15.3. The van der Waals surface area contributed by atoms with Crippen LogP contribution < -0.4 is 5.32 Å². The fourth-order valence-corrected chi connectivity index (χ4v) is 2.69. The maximum atomic E-state index is 4.58. The molecule has 4 nitrogen and oxygen atoms in total. The Kier molecular flexibility index (Phi) is 3.97. The second-order valence-electron chi connectivity index (χ2n) is 5.19. The first-order valence-corrected chi connectivity index (χ1v) is 7.36. The van der Waals surface area contributed by atoms with Crippen LogP contribution in [0.4, 0.5) is 0 Å². The molecule has 0 spiro atoms. The molecule has 3 aromatic rings. The number of fused-ring (bicyclic) bond motifs is 1. The van der Waals surface area contributed by atoms with E-state index in [9.17, 15) is 0 Å². The standard InChI is InChI=1S/C17H20N4/c1-3-10-18-17(15-9-12-20-21(15)2)14-8-4-6-13-7-5-11-19-16(13)14/h4-9,11-12,17-18H,3,10H2,1-2H3. The number of pyridine rings is 1. The van der Waals surface area contributed by atoms with Gasteiger partial charge in [0.2, 0.25) is 0 Å². The molecular weight excluding hydrogens is 260 g/mol. The molecule has 108 valence electrons. The third-order valence-corrected chi connectivity index (χ3v) is 3.73. The minimum absolute atomic E-state index is 0.107. The lowest BCUT2D eigenvalue weighted by molar-refractivity contribution is 0.555. The van der Waals surface area contributed by atoms with Crippen LogP contribution in [0.3, 0.4) is 0 Å². The number of rotatable bonds is 5. The zero-order valence-electron chi connectivity index (χ0n) is 12.5. The minimum atomic E-state index is 0.107. The second kappa shape index (κ2) is 6.06. The van der Waals surface area contributed by atoms with Gasteiger partial charge in [0.1, 0.15) is 0 Å². The summed E-state index contributed by atoms with van der Waals surface area (Å²) in [7, 11) is 1.98. The lowest BCUT2D eigenvalue weighted by Crippen LogP contribution is -2.25. The van der Waals surface area contributed by atoms with E-state index in [1.54, 1.807) is 0 Å². The molecule has 0 radical (unpaired) electrons. The summed E-state index contributed by atoms with van der Waals surface area (Å²) in [5.74, 6) is 0. The van der Waals surface area contributed by atoms with Crippen molar-refractivity contribution in [1.82, 2.24) is 20.1 Å². The first-order valence-electron chi connectivity index (χ1n) is 7.36. The molecule has 0 saturated heterocycles. The molecule has 0 aliphatic rings. The predicted octanol–water partition coefficient (Wildman–Crippen LogP) is 3.06. The van der Waals surface area contributed by atoms with E-state index in [1.807, 2.05) is 30.2 Å². The van der Waals surface area contributed by atoms with Crippen molar-refractivity contribution in [2.24, 2.45) is 7.05 Å². The Balaban J connectivity index is 2.12. The number of aryl methyl sites for hydroxylation is 1. The smallest absolute Gasteiger partial charge is 0.0769 e. The number of nitrogens with zero attached hydrogens (tertiary/aromatic N) is 3. The van der Waals surface area contributed by atoms with E-state index in [4.69, 9.17) is 0 Å². The fraction of sp³-hybridized carbons (Fsp3) is 0.294. The highest BCUT2D eigenvalue weighted by molar-refractivity contribution is 5.82. The topological polar surface area (TPSA) is 42.7 Å². The summed E-state index contributed by atoms with van der Waals surface area (Å²) in [5.41, 5.74) is 3.40. The lowest BCUT2D eigenvalue weighted by Gasteiger charge is -2.20. The molecule has 0 aliphatic heterocycles. The summed E-state index contributed by atoms with van der Waals surface area (Å²) in [6, 6.07) is 12.6. The van der Waals surface area contributed by atoms with Crippen molar-refractivity contribution in [3.63, 3.8) is 0 Å². The van der Waals surface area contributed by atoms with Crippen LogP contribution in [0.25, 0.3) is 10.9 Å². The largest absolute Gasteiger partial charge is 0.305 e. The van der Waals surface area contributed by atoms with Gasteiger partial charge in [0.25, 0.3) is 0 Å². The second-order valence-corrected chi connectivity index (χ2v) is 5.19. The number of hydrogen-bond donors (Lipinski definition) is 1. The van der Waals surface area contributed by atoms with Gasteiger partial charge in [0.05, 0.1) is 17.3 Å². The van der Waals surface area contributed by atoms with Gasteiger partial charge in [-0.25, -0.2) is 0 Å². The van der Waals surface area contributed by atoms with E-state index in [0.717, 1.165) is 24.2 Å². The lowest BCUT2D eigenvalue weighted by atomic mass is 10.00. The normalized spacial score (nSPS) is 12.7. The number of para-hydroxylation sites is 1. The Bertz CT molecular complexity index is 727. The van der Waals surface area contributed by atoms with Crippen molar-refractivity contribution in [2.75, 3.05) is 6.54 Å². The van der Waals surface area contributed by atoms with Crippen LogP contribution in [0.5, 0.6) is 0 Å². The van der Waals surface area contributed by atoms with Crippen molar-refractivity contribution in [3.8, 4) is 0 Å². The molecule has 1 unspecified atom stereocenters. The molecule has 1 atom stereocenters. The quantitative estimate of drug-likeness (QED) is 0.781. The summed E-state index contributed by atoms with van der Waals surface area (Å²) in [6.07, 6.45) is 4.78. The monoisotopic (exact) mass is 280 g/mol. The Morgan fingerprint density at radius 3 is 2.76 bits per heavy atom. The Morgan fingerprint density at radius 1 is 1.14 bits per heavy atom. The van der Waals surface area contributed by atoms with Crippen LogP contribution in [0.2, 0.25) is 0 Å². The number of aromatic nitrogens is 3. The van der Waals surface area contributed by atoms with Gasteiger partial charge < -0.3 is 5.32 Å². The summed E-state index contributed by atoms with van der Waals surface area (Å²) in [6.45, 7) is 3.13. The van der Waals surface area contributed by atoms with Gasteiger partial charge in [0, 0.05) is 30.4 Å². The molecule has 3 rings (SSSR count). The molecule has 0 amide bonds. The Hall–Kier alpha value is -2.20. The molecule has 2 heterocycles. The van der Waals surface area contributed by atoms with Gasteiger partial charge in [-0.2, -0.15) is 5.10 Å². The first kappa shape index (κ1) is 13.8. The highest BCUT2D eigenvalue weighted by Gasteiger charge is 2.19. The van der Waals surface area contributed by atoms with Crippen molar-refractivity contribution in [2.45, 2.75) is 19.4 Å². The van der Waals surface area contributed by atoms with Gasteiger partial charge in [-0.15, -0.1) is 0 Å². The zero-order chi connectivity index (χ0) is 14.7. The average molecular weight is 280 g/mol. The summed E-state index contributed by atoms with van der Waals surface area (Å²) in [4.78, 5) is 4.58. The fourth-order valence-electron chi connectivity index (χ4n) is 2.69. The number of nitrogens with one attached hydrogen (secondary N) is 1. The third-order valence-electron chi connectivity index (χ3n) is 3.73. The Morgan fingerprint density at radius 2 is 2.00 bits per heavy atom. The third kappa shape index (κ3) is 2.67. The zero-order valence-corrected chi connectivity index (χ0v) is 12.5. The Labute approximate surface area is 124 Å². The number of hydrogen-bond acceptors (Lipinski definition) is 3. The molecular formula is C17H20N4. The van der Waals surface area contributed by atoms with Crippen LogP contribution in [-0.2, 0) is 7.05 Å². The van der Waals surface area contributed by atoms with Gasteiger partial charge in [-0.1, -0.05) is 31.2 Å². The van der Waals surface area contributed by atoms with Crippen molar-refractivity contribution in [1.29, 1.82) is 0 Å². The van der Waals surface area contributed by atoms with E-state index >= 15 is 0 Å². The van der Waals surface area contributed by atoms with Crippen LogP contribution in [0.1, 0.15) is 30.6 Å². The highest BCUT2D eigenvalue weighted by Crippen LogP contribution is 2.27. The van der Waals surface area contributed by atoms with Gasteiger partial charge in [-0.05, 0) is 25.1 Å². The average Bonchev–Trinajstić information content (AvgIpc) is 2.94. The summed E-state index contributed by atoms with van der Waals surface area (Å²) >= 11 is 0. The van der Waals surface area contributed by atoms with Crippen LogP contribution >= 0.6 is 0 Å². The minimum Gasteiger partial charge on any atom is -0.305 e. The van der Waals surface area contributed by atoms with Crippen molar-refractivity contribution >= 4 is 10.9 Å².